The Morgan fingerprint density at radius 3 is 2.66 bits per heavy atom. The van der Waals surface area contributed by atoms with E-state index in [2.05, 4.69) is 10.0 Å². The minimum absolute atomic E-state index is 0.125. The fourth-order valence-electron chi connectivity index (χ4n) is 3.62. The summed E-state index contributed by atoms with van der Waals surface area (Å²) in [6.07, 6.45) is 0.531. The van der Waals surface area contributed by atoms with Crippen molar-refractivity contribution in [1.82, 2.24) is 4.57 Å². The molecule has 1 aromatic carbocycles. The van der Waals surface area contributed by atoms with Crippen LogP contribution in [0.15, 0.2) is 29.1 Å². The summed E-state index contributed by atoms with van der Waals surface area (Å²) >= 11 is 0. The molecule has 2 aromatic rings. The van der Waals surface area contributed by atoms with Crippen LogP contribution in [0.25, 0.3) is 0 Å². The van der Waals surface area contributed by atoms with Gasteiger partial charge in [0, 0.05) is 19.5 Å². The summed E-state index contributed by atoms with van der Waals surface area (Å²) in [5.74, 6) is -0.117. The molecule has 4 rings (SSSR count). The molecule has 1 aromatic heterocycles. The summed E-state index contributed by atoms with van der Waals surface area (Å²) in [4.78, 5) is 23.7. The van der Waals surface area contributed by atoms with E-state index in [9.17, 15) is 18.2 Å². The number of ether oxygens (including phenoxy) is 3. The molecule has 2 atom stereocenters. The Bertz CT molecular complexity index is 1150. The van der Waals surface area contributed by atoms with Crippen molar-refractivity contribution in [3.63, 3.8) is 0 Å². The van der Waals surface area contributed by atoms with E-state index < -0.39 is 33.8 Å². The van der Waals surface area contributed by atoms with E-state index in [0.717, 1.165) is 5.56 Å². The van der Waals surface area contributed by atoms with Crippen LogP contribution in [-0.2, 0) is 27.5 Å². The quantitative estimate of drug-likeness (QED) is 0.577. The number of halogens is 1. The average Bonchev–Trinajstić information content (AvgIpc) is 3.42. The molecular formula is C21H24FN3O6S. The third-order valence-electron chi connectivity index (χ3n) is 5.65. The fourth-order valence-corrected chi connectivity index (χ4v) is 5.03. The maximum absolute atomic E-state index is 14.5. The zero-order chi connectivity index (χ0) is 23.0. The number of rotatable bonds is 8. The average molecular weight is 466 g/mol. The summed E-state index contributed by atoms with van der Waals surface area (Å²) in [6, 6.07) is 5.93. The Morgan fingerprint density at radius 2 is 2.06 bits per heavy atom. The van der Waals surface area contributed by atoms with Crippen LogP contribution in [-0.4, -0.2) is 39.5 Å². The lowest BCUT2D eigenvalue weighted by Crippen LogP contribution is -2.30. The predicted octanol–water partition coefficient (Wildman–Crippen LogP) is 3.12. The van der Waals surface area contributed by atoms with Crippen molar-refractivity contribution < 1.29 is 27.6 Å². The van der Waals surface area contributed by atoms with Crippen molar-refractivity contribution in [3.8, 4) is 5.75 Å². The lowest BCUT2D eigenvalue weighted by atomic mass is 10.2. The first-order valence-corrected chi connectivity index (χ1v) is 11.2. The second kappa shape index (κ2) is 8.45. The van der Waals surface area contributed by atoms with Crippen molar-refractivity contribution in [1.29, 1.82) is 0 Å². The molecule has 0 bridgehead atoms. The van der Waals surface area contributed by atoms with Crippen LogP contribution < -0.4 is 20.3 Å². The van der Waals surface area contributed by atoms with Gasteiger partial charge in [0.2, 0.25) is 0 Å². The highest BCUT2D eigenvalue weighted by molar-refractivity contribution is 7.88. The van der Waals surface area contributed by atoms with Crippen LogP contribution in [0, 0.1) is 12.7 Å². The van der Waals surface area contributed by atoms with Crippen molar-refractivity contribution in [3.05, 3.63) is 46.0 Å². The van der Waals surface area contributed by atoms with Gasteiger partial charge in [0.1, 0.15) is 41.0 Å². The lowest BCUT2D eigenvalue weighted by Gasteiger charge is -2.23. The highest BCUT2D eigenvalue weighted by atomic mass is 32.2. The summed E-state index contributed by atoms with van der Waals surface area (Å²) in [7, 11) is 1.30. The normalized spacial score (nSPS) is 19.6. The van der Waals surface area contributed by atoms with E-state index in [1.165, 1.54) is 30.9 Å². The molecule has 2 unspecified atom stereocenters. The van der Waals surface area contributed by atoms with Gasteiger partial charge in [-0.3, -0.25) is 14.1 Å². The Kier molecular flexibility index (Phi) is 5.85. The van der Waals surface area contributed by atoms with Crippen molar-refractivity contribution >= 4 is 34.3 Å². The Balaban J connectivity index is 1.65. The predicted molar refractivity (Wildman–Crippen MR) is 117 cm³/mol. The third-order valence-corrected chi connectivity index (χ3v) is 7.40. The first kappa shape index (κ1) is 22.1. The molecule has 1 saturated heterocycles. The largest absolute Gasteiger partial charge is 0.508 e. The topological polar surface area (TPSA) is 108 Å². The van der Waals surface area contributed by atoms with E-state index in [0.29, 0.717) is 19.3 Å². The second-order valence-corrected chi connectivity index (χ2v) is 9.61. The number of pyridine rings is 1. The van der Waals surface area contributed by atoms with Gasteiger partial charge in [0.25, 0.3) is 5.56 Å². The fraction of sp³-hybridized carbons (Fsp3) is 0.429. The highest BCUT2D eigenvalue weighted by Gasteiger charge is 2.52. The standard InChI is InChI=1S/C21H24FN3O6S/c1-12-4-5-15(14(22)8-12)23-19-18(16(29-3)9-17(26)25(19)2)24-32(28)21(6-7-21)10-13-11-30-20(27)31-13/h4-5,8-9,13,23-24H,6-7,10-11H2,1-3H3. The molecule has 2 heterocycles. The van der Waals surface area contributed by atoms with Crippen molar-refractivity contribution in [2.75, 3.05) is 23.8 Å². The van der Waals surface area contributed by atoms with E-state index in [4.69, 9.17) is 14.2 Å². The maximum Gasteiger partial charge on any atom is 0.508 e. The lowest BCUT2D eigenvalue weighted by molar-refractivity contribution is 0.115. The number of hydrogen-bond acceptors (Lipinski definition) is 7. The zero-order valence-electron chi connectivity index (χ0n) is 17.9. The van der Waals surface area contributed by atoms with Crippen LogP contribution in [0.4, 0.5) is 26.4 Å². The number of hydrogen-bond donors (Lipinski definition) is 2. The number of nitrogens with one attached hydrogen (secondary N) is 2. The van der Waals surface area contributed by atoms with Gasteiger partial charge < -0.3 is 19.5 Å². The maximum atomic E-state index is 14.5. The monoisotopic (exact) mass is 465 g/mol. The summed E-state index contributed by atoms with van der Waals surface area (Å²) in [5, 5.41) is 2.93. The molecule has 172 valence electrons. The number of aromatic nitrogens is 1. The number of aryl methyl sites for hydroxylation is 1. The zero-order valence-corrected chi connectivity index (χ0v) is 18.7. The first-order valence-electron chi connectivity index (χ1n) is 10.1. The molecule has 1 aliphatic heterocycles. The molecule has 32 heavy (non-hydrogen) atoms. The van der Waals surface area contributed by atoms with Crippen molar-refractivity contribution in [2.45, 2.75) is 37.0 Å². The van der Waals surface area contributed by atoms with Gasteiger partial charge in [-0.05, 0) is 37.5 Å². The summed E-state index contributed by atoms with van der Waals surface area (Å²) in [5.41, 5.74) is 0.784. The van der Waals surface area contributed by atoms with E-state index in [-0.39, 0.29) is 35.1 Å². The molecule has 1 aliphatic carbocycles. The molecule has 1 saturated carbocycles. The summed E-state index contributed by atoms with van der Waals surface area (Å²) in [6.45, 7) is 1.90. The number of methoxy groups -OCH3 is 1. The number of anilines is 3. The smallest absolute Gasteiger partial charge is 0.494 e. The van der Waals surface area contributed by atoms with Gasteiger partial charge in [-0.15, -0.1) is 0 Å². The van der Waals surface area contributed by atoms with Gasteiger partial charge in [0.15, 0.2) is 5.75 Å². The Hall–Kier alpha value is -3.08. The third kappa shape index (κ3) is 4.29. The van der Waals surface area contributed by atoms with Crippen LogP contribution in [0.5, 0.6) is 5.75 Å². The van der Waals surface area contributed by atoms with E-state index >= 15 is 0 Å². The Labute approximate surface area is 186 Å². The van der Waals surface area contributed by atoms with Gasteiger partial charge in [-0.25, -0.2) is 13.4 Å². The molecule has 0 radical (unpaired) electrons. The van der Waals surface area contributed by atoms with Gasteiger partial charge in [-0.2, -0.15) is 0 Å². The molecule has 11 heteroatoms. The molecule has 9 nitrogen and oxygen atoms in total. The first-order chi connectivity index (χ1) is 15.2. The Morgan fingerprint density at radius 1 is 1.31 bits per heavy atom. The molecule has 0 spiro atoms. The molecule has 2 aliphatic rings. The number of carbonyl (C=O) groups excluding carboxylic acids is 1. The number of benzene rings is 1. The molecule has 0 amide bonds. The van der Waals surface area contributed by atoms with E-state index in [1.807, 2.05) is 0 Å². The van der Waals surface area contributed by atoms with Crippen molar-refractivity contribution in [2.24, 2.45) is 7.05 Å². The van der Waals surface area contributed by atoms with Crippen LogP contribution in [0.1, 0.15) is 24.8 Å². The minimum atomic E-state index is -1.61. The van der Waals surface area contributed by atoms with Crippen LogP contribution in [0.3, 0.4) is 0 Å². The van der Waals surface area contributed by atoms with Gasteiger partial charge in [-0.1, -0.05) is 6.07 Å². The number of cyclic esters (lactones) is 2. The second-order valence-electron chi connectivity index (χ2n) is 8.00. The molecule has 2 N–H and O–H groups in total. The SMILES string of the molecule is COc1cc(=O)n(C)c(Nc2ccc(C)cc2F)c1NS(=O)C1(CC2COC(=O)O2)CC1. The van der Waals surface area contributed by atoms with E-state index in [1.54, 1.807) is 19.1 Å². The van der Waals surface area contributed by atoms with Crippen LogP contribution >= 0.6 is 0 Å². The molecule has 2 fully saturated rings. The molecular weight excluding hydrogens is 441 g/mol. The number of nitrogens with zero attached hydrogens (tertiary/aromatic N) is 1. The minimum Gasteiger partial charge on any atom is -0.494 e. The van der Waals surface area contributed by atoms with Crippen LogP contribution in [0.2, 0.25) is 0 Å². The number of carbonyl (C=O) groups is 1. The summed E-state index contributed by atoms with van der Waals surface area (Å²) < 4.78 is 46.7. The highest BCUT2D eigenvalue weighted by Crippen LogP contribution is 2.48. The van der Waals surface area contributed by atoms with Gasteiger partial charge in [0.05, 0.1) is 17.5 Å². The van der Waals surface area contributed by atoms with Gasteiger partial charge >= 0.3 is 6.16 Å².